The molecule has 3 nitrogen and oxygen atoms in total. The average Bonchev–Trinajstić information content (AvgIpc) is 2.24. The number of hydrogen-bond donors (Lipinski definition) is 2. The predicted molar refractivity (Wildman–Crippen MR) is 71.7 cm³/mol. The Labute approximate surface area is 106 Å². The van der Waals surface area contributed by atoms with E-state index in [1.165, 1.54) is 0 Å². The van der Waals surface area contributed by atoms with Gasteiger partial charge < -0.3 is 10.4 Å². The van der Waals surface area contributed by atoms with Crippen molar-refractivity contribution in [2.24, 2.45) is 17.8 Å². The molecule has 1 amide bonds. The minimum Gasteiger partial charge on any atom is -0.396 e. The number of aliphatic hydroxyl groups excluding tert-OH is 1. The van der Waals surface area contributed by atoms with Crippen LogP contribution in [0.5, 0.6) is 0 Å². The van der Waals surface area contributed by atoms with Crippen molar-refractivity contribution in [3.8, 4) is 0 Å². The number of hydrogen-bond acceptors (Lipinski definition) is 2. The van der Waals surface area contributed by atoms with Gasteiger partial charge in [0, 0.05) is 18.6 Å². The molecule has 0 radical (unpaired) electrons. The molecule has 0 heterocycles. The topological polar surface area (TPSA) is 49.3 Å². The van der Waals surface area contributed by atoms with Gasteiger partial charge in [-0.05, 0) is 24.7 Å². The molecular formula is C14H29NO2. The standard InChI is InChI=1S/C14H29NO2/c1-6-7-12(10(2)3)14(17)15-13(8-9-16)11(4)5/h10-13,16H,6-9H2,1-5H3,(H,15,17). The summed E-state index contributed by atoms with van der Waals surface area (Å²) >= 11 is 0. The van der Waals surface area contributed by atoms with E-state index >= 15 is 0 Å². The summed E-state index contributed by atoms with van der Waals surface area (Å²) in [5.74, 6) is 0.978. The summed E-state index contributed by atoms with van der Waals surface area (Å²) in [6.07, 6.45) is 2.61. The maximum absolute atomic E-state index is 12.2. The third-order valence-corrected chi connectivity index (χ3v) is 3.31. The zero-order chi connectivity index (χ0) is 13.4. The van der Waals surface area contributed by atoms with E-state index < -0.39 is 0 Å². The van der Waals surface area contributed by atoms with Crippen molar-refractivity contribution in [1.29, 1.82) is 0 Å². The average molecular weight is 243 g/mol. The molecule has 0 saturated heterocycles. The van der Waals surface area contributed by atoms with Gasteiger partial charge in [0.1, 0.15) is 0 Å². The molecule has 0 spiro atoms. The summed E-state index contributed by atoms with van der Waals surface area (Å²) in [6, 6.07) is 0.0885. The van der Waals surface area contributed by atoms with E-state index in [0.717, 1.165) is 12.8 Å². The van der Waals surface area contributed by atoms with Crippen molar-refractivity contribution in [1.82, 2.24) is 5.32 Å². The van der Waals surface area contributed by atoms with Gasteiger partial charge in [-0.3, -0.25) is 4.79 Å². The van der Waals surface area contributed by atoms with Crippen LogP contribution in [0.1, 0.15) is 53.9 Å². The van der Waals surface area contributed by atoms with E-state index in [1.54, 1.807) is 0 Å². The highest BCUT2D eigenvalue weighted by molar-refractivity contribution is 5.79. The Morgan fingerprint density at radius 1 is 1.12 bits per heavy atom. The molecule has 17 heavy (non-hydrogen) atoms. The molecule has 102 valence electrons. The Balaban J connectivity index is 4.44. The molecule has 3 heteroatoms. The van der Waals surface area contributed by atoms with E-state index in [4.69, 9.17) is 5.11 Å². The van der Waals surface area contributed by atoms with Crippen molar-refractivity contribution < 1.29 is 9.90 Å². The number of carbonyl (C=O) groups is 1. The summed E-state index contributed by atoms with van der Waals surface area (Å²) in [4.78, 5) is 12.2. The monoisotopic (exact) mass is 243 g/mol. The molecule has 0 aromatic carbocycles. The van der Waals surface area contributed by atoms with Crippen LogP contribution in [-0.2, 0) is 4.79 Å². The fourth-order valence-corrected chi connectivity index (χ4v) is 2.08. The van der Waals surface area contributed by atoms with E-state index in [1.807, 2.05) is 0 Å². The van der Waals surface area contributed by atoms with Gasteiger partial charge >= 0.3 is 0 Å². The maximum Gasteiger partial charge on any atom is 0.223 e. The molecule has 0 aromatic heterocycles. The molecule has 0 rings (SSSR count). The Kier molecular flexibility index (Phi) is 8.23. The number of rotatable bonds is 8. The lowest BCUT2D eigenvalue weighted by Gasteiger charge is -2.26. The Morgan fingerprint density at radius 3 is 2.06 bits per heavy atom. The first kappa shape index (κ1) is 16.4. The predicted octanol–water partition coefficient (Wildman–Crippen LogP) is 2.58. The molecule has 0 aromatic rings. The van der Waals surface area contributed by atoms with Crippen LogP contribution in [-0.4, -0.2) is 23.7 Å². The lowest BCUT2D eigenvalue weighted by atomic mass is 9.89. The third-order valence-electron chi connectivity index (χ3n) is 3.31. The van der Waals surface area contributed by atoms with Gasteiger partial charge in [-0.1, -0.05) is 41.0 Å². The molecule has 0 fully saturated rings. The van der Waals surface area contributed by atoms with Gasteiger partial charge in [-0.25, -0.2) is 0 Å². The molecule has 0 aliphatic heterocycles. The van der Waals surface area contributed by atoms with Crippen LogP contribution in [0.4, 0.5) is 0 Å². The second-order valence-electron chi connectivity index (χ2n) is 5.51. The van der Waals surface area contributed by atoms with Gasteiger partial charge in [0.15, 0.2) is 0 Å². The first-order valence-electron chi connectivity index (χ1n) is 6.85. The zero-order valence-electron chi connectivity index (χ0n) is 12.0. The van der Waals surface area contributed by atoms with Crippen LogP contribution in [0.15, 0.2) is 0 Å². The van der Waals surface area contributed by atoms with Crippen molar-refractivity contribution in [2.45, 2.75) is 59.9 Å². The van der Waals surface area contributed by atoms with Gasteiger partial charge in [-0.2, -0.15) is 0 Å². The van der Waals surface area contributed by atoms with Crippen LogP contribution < -0.4 is 5.32 Å². The SMILES string of the molecule is CCCC(C(=O)NC(CCO)C(C)C)C(C)C. The van der Waals surface area contributed by atoms with Gasteiger partial charge in [0.2, 0.25) is 5.91 Å². The Morgan fingerprint density at radius 2 is 1.71 bits per heavy atom. The molecule has 0 saturated carbocycles. The minimum atomic E-state index is 0.0885. The number of aliphatic hydroxyl groups is 1. The van der Waals surface area contributed by atoms with Gasteiger partial charge in [0.05, 0.1) is 0 Å². The second kappa shape index (κ2) is 8.51. The molecule has 2 N–H and O–H groups in total. The van der Waals surface area contributed by atoms with Crippen LogP contribution >= 0.6 is 0 Å². The van der Waals surface area contributed by atoms with Gasteiger partial charge in [0.25, 0.3) is 0 Å². The molecule has 0 aliphatic carbocycles. The number of nitrogens with one attached hydrogen (secondary N) is 1. The fraction of sp³-hybridized carbons (Fsp3) is 0.929. The summed E-state index contributed by atoms with van der Waals surface area (Å²) in [5.41, 5.74) is 0. The number of carbonyl (C=O) groups excluding carboxylic acids is 1. The first-order chi connectivity index (χ1) is 7.93. The largest absolute Gasteiger partial charge is 0.396 e. The van der Waals surface area contributed by atoms with Crippen LogP contribution in [0.2, 0.25) is 0 Å². The molecule has 0 aliphatic rings. The second-order valence-corrected chi connectivity index (χ2v) is 5.51. The van der Waals surface area contributed by atoms with Crippen LogP contribution in [0, 0.1) is 17.8 Å². The van der Waals surface area contributed by atoms with E-state index in [2.05, 4.69) is 39.9 Å². The van der Waals surface area contributed by atoms with Crippen molar-refractivity contribution in [2.75, 3.05) is 6.61 Å². The Bertz CT molecular complexity index is 214. The summed E-state index contributed by atoms with van der Waals surface area (Å²) in [6.45, 7) is 10.6. The van der Waals surface area contributed by atoms with E-state index in [-0.39, 0.29) is 24.5 Å². The lowest BCUT2D eigenvalue weighted by Crippen LogP contribution is -2.43. The van der Waals surface area contributed by atoms with Crippen LogP contribution in [0.25, 0.3) is 0 Å². The van der Waals surface area contributed by atoms with Crippen molar-refractivity contribution in [3.05, 3.63) is 0 Å². The lowest BCUT2D eigenvalue weighted by molar-refractivity contribution is -0.127. The molecule has 0 bridgehead atoms. The summed E-state index contributed by atoms with van der Waals surface area (Å²) in [7, 11) is 0. The normalized spacial score (nSPS) is 15.1. The molecular weight excluding hydrogens is 214 g/mol. The molecule has 2 unspecified atom stereocenters. The summed E-state index contributed by atoms with van der Waals surface area (Å²) < 4.78 is 0. The van der Waals surface area contributed by atoms with Crippen molar-refractivity contribution in [3.63, 3.8) is 0 Å². The highest BCUT2D eigenvalue weighted by Crippen LogP contribution is 2.18. The number of amides is 1. The maximum atomic E-state index is 12.2. The quantitative estimate of drug-likeness (QED) is 0.688. The van der Waals surface area contributed by atoms with Crippen molar-refractivity contribution >= 4 is 5.91 Å². The zero-order valence-corrected chi connectivity index (χ0v) is 12.0. The fourth-order valence-electron chi connectivity index (χ4n) is 2.08. The first-order valence-corrected chi connectivity index (χ1v) is 6.85. The third kappa shape index (κ3) is 6.06. The minimum absolute atomic E-state index is 0.0885. The highest BCUT2D eigenvalue weighted by Gasteiger charge is 2.24. The Hall–Kier alpha value is -0.570. The van der Waals surface area contributed by atoms with E-state index in [0.29, 0.717) is 18.3 Å². The summed E-state index contributed by atoms with van der Waals surface area (Å²) in [5, 5.41) is 12.1. The highest BCUT2D eigenvalue weighted by atomic mass is 16.3. The van der Waals surface area contributed by atoms with E-state index in [9.17, 15) is 4.79 Å². The smallest absolute Gasteiger partial charge is 0.223 e. The van der Waals surface area contributed by atoms with Gasteiger partial charge in [-0.15, -0.1) is 0 Å². The van der Waals surface area contributed by atoms with Crippen LogP contribution in [0.3, 0.4) is 0 Å². The molecule has 2 atom stereocenters.